The number of carbonyl (C=O) groups excluding carboxylic acids is 1. The van der Waals surface area contributed by atoms with Crippen LogP contribution in [0, 0.1) is 0 Å². The summed E-state index contributed by atoms with van der Waals surface area (Å²) in [6, 6.07) is 9.04. The molecule has 0 bridgehead atoms. The molecule has 98 valence electrons. The second-order valence-electron chi connectivity index (χ2n) is 5.27. The van der Waals surface area contributed by atoms with Crippen LogP contribution >= 0.6 is 0 Å². The van der Waals surface area contributed by atoms with Crippen LogP contribution in [0.5, 0.6) is 0 Å². The van der Waals surface area contributed by atoms with Gasteiger partial charge < -0.3 is 15.7 Å². The van der Waals surface area contributed by atoms with E-state index in [9.17, 15) is 9.90 Å². The lowest BCUT2D eigenvalue weighted by molar-refractivity contribution is -0.0670. The molecule has 2 heterocycles. The fourth-order valence-electron chi connectivity index (χ4n) is 2.39. The molecule has 0 spiro atoms. The number of likely N-dealkylation sites (tertiary alicyclic amines) is 1. The lowest BCUT2D eigenvalue weighted by Gasteiger charge is -2.43. The predicted octanol–water partition coefficient (Wildman–Crippen LogP) is 1.02. The van der Waals surface area contributed by atoms with Crippen molar-refractivity contribution in [1.29, 1.82) is 0 Å². The van der Waals surface area contributed by atoms with Gasteiger partial charge in [-0.15, -0.1) is 0 Å². The van der Waals surface area contributed by atoms with E-state index in [1.165, 1.54) is 0 Å². The summed E-state index contributed by atoms with van der Waals surface area (Å²) in [4.78, 5) is 18.1. The zero-order chi connectivity index (χ0) is 13.6. The average Bonchev–Trinajstić information content (AvgIpc) is 2.35. The van der Waals surface area contributed by atoms with Crippen LogP contribution in [0.3, 0.4) is 0 Å². The number of rotatable bonds is 1. The van der Waals surface area contributed by atoms with Gasteiger partial charge in [-0.3, -0.25) is 4.79 Å². The summed E-state index contributed by atoms with van der Waals surface area (Å²) in [6.07, 6.45) is 0. The standard InChI is InChI=1S/C14H15N3O2/c1-14(19)7-17(8-14)13(18)12-6-10(15)9-4-2-3-5-11(9)16-12/h2-6,19H,7-8H2,1H3,(H2,15,16). The van der Waals surface area contributed by atoms with Crippen molar-refractivity contribution in [1.82, 2.24) is 9.88 Å². The van der Waals surface area contributed by atoms with Crippen molar-refractivity contribution < 1.29 is 9.90 Å². The van der Waals surface area contributed by atoms with E-state index in [1.807, 2.05) is 24.3 Å². The molecule has 1 aliphatic heterocycles. The largest absolute Gasteiger partial charge is 0.398 e. The third kappa shape index (κ3) is 2.02. The highest BCUT2D eigenvalue weighted by atomic mass is 16.3. The minimum atomic E-state index is -0.780. The Bertz CT molecular complexity index is 659. The van der Waals surface area contributed by atoms with Crippen LogP contribution in [0.25, 0.3) is 10.9 Å². The first-order chi connectivity index (χ1) is 8.96. The molecule has 1 fully saturated rings. The number of pyridine rings is 1. The van der Waals surface area contributed by atoms with Gasteiger partial charge in [-0.1, -0.05) is 18.2 Å². The summed E-state index contributed by atoms with van der Waals surface area (Å²) in [5, 5.41) is 10.5. The lowest BCUT2D eigenvalue weighted by Crippen LogP contribution is -2.61. The maximum Gasteiger partial charge on any atom is 0.272 e. The average molecular weight is 257 g/mol. The van der Waals surface area contributed by atoms with E-state index in [4.69, 9.17) is 5.73 Å². The molecule has 3 N–H and O–H groups in total. The van der Waals surface area contributed by atoms with Crippen LogP contribution in [-0.4, -0.2) is 39.6 Å². The Hall–Kier alpha value is -2.14. The SMILES string of the molecule is CC1(O)CN(C(=O)c2cc(N)c3ccccc3n2)C1. The zero-order valence-electron chi connectivity index (χ0n) is 10.6. The van der Waals surface area contributed by atoms with Crippen LogP contribution in [-0.2, 0) is 0 Å². The minimum Gasteiger partial charge on any atom is -0.398 e. The summed E-state index contributed by atoms with van der Waals surface area (Å²) in [5.74, 6) is -0.191. The number of nitrogen functional groups attached to an aromatic ring is 1. The molecule has 1 amide bonds. The first-order valence-corrected chi connectivity index (χ1v) is 6.13. The third-order valence-electron chi connectivity index (χ3n) is 3.32. The van der Waals surface area contributed by atoms with Gasteiger partial charge in [-0.2, -0.15) is 0 Å². The molecular weight excluding hydrogens is 242 g/mol. The number of para-hydroxylation sites is 1. The van der Waals surface area contributed by atoms with Crippen molar-refractivity contribution >= 4 is 22.5 Å². The number of aromatic nitrogens is 1. The molecule has 1 saturated heterocycles. The topological polar surface area (TPSA) is 79.5 Å². The van der Waals surface area contributed by atoms with Crippen molar-refractivity contribution in [2.45, 2.75) is 12.5 Å². The summed E-state index contributed by atoms with van der Waals surface area (Å²) in [7, 11) is 0. The fourth-order valence-corrected chi connectivity index (χ4v) is 2.39. The highest BCUT2D eigenvalue weighted by Crippen LogP contribution is 2.24. The molecular formula is C14H15N3O2. The van der Waals surface area contributed by atoms with Crippen molar-refractivity contribution in [3.63, 3.8) is 0 Å². The van der Waals surface area contributed by atoms with Crippen LogP contribution in [0.2, 0.25) is 0 Å². The first kappa shape index (κ1) is 11.9. The van der Waals surface area contributed by atoms with E-state index in [2.05, 4.69) is 4.98 Å². The Balaban J connectivity index is 1.95. The monoisotopic (exact) mass is 257 g/mol. The third-order valence-corrected chi connectivity index (χ3v) is 3.32. The quantitative estimate of drug-likeness (QED) is 0.799. The molecule has 1 aromatic heterocycles. The maximum absolute atomic E-state index is 12.2. The molecule has 5 heteroatoms. The molecule has 0 unspecified atom stereocenters. The maximum atomic E-state index is 12.2. The van der Waals surface area contributed by atoms with Gasteiger partial charge in [0.2, 0.25) is 0 Å². The van der Waals surface area contributed by atoms with E-state index in [-0.39, 0.29) is 5.91 Å². The number of anilines is 1. The highest BCUT2D eigenvalue weighted by molar-refractivity contribution is 5.99. The molecule has 5 nitrogen and oxygen atoms in total. The summed E-state index contributed by atoms with van der Waals surface area (Å²) in [6.45, 7) is 2.37. The van der Waals surface area contributed by atoms with E-state index in [0.717, 1.165) is 5.39 Å². The molecule has 3 rings (SSSR count). The molecule has 2 aromatic rings. The number of nitrogens with two attached hydrogens (primary N) is 1. The van der Waals surface area contributed by atoms with Crippen molar-refractivity contribution in [3.8, 4) is 0 Å². The van der Waals surface area contributed by atoms with Gasteiger partial charge in [0.15, 0.2) is 0 Å². The van der Waals surface area contributed by atoms with Gasteiger partial charge in [0.05, 0.1) is 24.2 Å². The number of benzene rings is 1. The Labute approximate surface area is 110 Å². The van der Waals surface area contributed by atoms with Gasteiger partial charge in [0, 0.05) is 11.1 Å². The van der Waals surface area contributed by atoms with Crippen molar-refractivity contribution in [2.75, 3.05) is 18.8 Å². The fraction of sp³-hybridized carbons (Fsp3) is 0.286. The van der Waals surface area contributed by atoms with Crippen LogP contribution in [0.4, 0.5) is 5.69 Å². The number of β-amino-alcohol motifs (C(OH)–C–C–N with tert-alkyl or cyclic N) is 1. The molecule has 0 radical (unpaired) electrons. The highest BCUT2D eigenvalue weighted by Gasteiger charge is 2.40. The smallest absolute Gasteiger partial charge is 0.272 e. The number of carbonyl (C=O) groups is 1. The van der Waals surface area contributed by atoms with Gasteiger partial charge in [-0.05, 0) is 19.1 Å². The molecule has 0 atom stereocenters. The summed E-state index contributed by atoms with van der Waals surface area (Å²) < 4.78 is 0. The number of nitrogens with zero attached hydrogens (tertiary/aromatic N) is 2. The summed E-state index contributed by atoms with van der Waals surface area (Å²) in [5.41, 5.74) is 6.74. The zero-order valence-corrected chi connectivity index (χ0v) is 10.6. The second-order valence-corrected chi connectivity index (χ2v) is 5.27. The van der Waals surface area contributed by atoms with Gasteiger partial charge in [0.25, 0.3) is 5.91 Å². The van der Waals surface area contributed by atoms with Crippen LogP contribution in [0.15, 0.2) is 30.3 Å². The van der Waals surface area contributed by atoms with E-state index in [0.29, 0.717) is 30.0 Å². The second kappa shape index (κ2) is 3.93. The number of hydrogen-bond donors (Lipinski definition) is 2. The minimum absolute atomic E-state index is 0.191. The van der Waals surface area contributed by atoms with Crippen molar-refractivity contribution in [3.05, 3.63) is 36.0 Å². The predicted molar refractivity (Wildman–Crippen MR) is 72.7 cm³/mol. The summed E-state index contributed by atoms with van der Waals surface area (Å²) >= 11 is 0. The van der Waals surface area contributed by atoms with Crippen LogP contribution in [0.1, 0.15) is 17.4 Å². The molecule has 1 aliphatic rings. The van der Waals surface area contributed by atoms with E-state index in [1.54, 1.807) is 17.9 Å². The van der Waals surface area contributed by atoms with E-state index < -0.39 is 5.60 Å². The first-order valence-electron chi connectivity index (χ1n) is 6.13. The van der Waals surface area contributed by atoms with Gasteiger partial charge >= 0.3 is 0 Å². The normalized spacial score (nSPS) is 17.3. The van der Waals surface area contributed by atoms with Crippen LogP contribution < -0.4 is 5.73 Å². The number of hydrogen-bond acceptors (Lipinski definition) is 4. The number of aliphatic hydroxyl groups is 1. The van der Waals surface area contributed by atoms with Gasteiger partial charge in [0.1, 0.15) is 5.69 Å². The van der Waals surface area contributed by atoms with Gasteiger partial charge in [-0.25, -0.2) is 4.98 Å². The molecule has 0 aliphatic carbocycles. The molecule has 1 aromatic carbocycles. The number of fused-ring (bicyclic) bond motifs is 1. The Morgan fingerprint density at radius 1 is 1.42 bits per heavy atom. The molecule has 19 heavy (non-hydrogen) atoms. The Kier molecular flexibility index (Phi) is 2.46. The number of amides is 1. The Morgan fingerprint density at radius 3 is 2.79 bits per heavy atom. The lowest BCUT2D eigenvalue weighted by atomic mass is 9.96. The van der Waals surface area contributed by atoms with Crippen molar-refractivity contribution in [2.24, 2.45) is 0 Å². The van der Waals surface area contributed by atoms with E-state index >= 15 is 0 Å². The molecule has 0 saturated carbocycles. The Morgan fingerprint density at radius 2 is 2.11 bits per heavy atom.